The number of thioether (sulfide) groups is 1. The van der Waals surface area contributed by atoms with Crippen LogP contribution in [0.25, 0.3) is 0 Å². The van der Waals surface area contributed by atoms with E-state index in [4.69, 9.17) is 10.5 Å². The fraction of sp³-hybridized carbons (Fsp3) is 1.00. The Labute approximate surface area is 108 Å². The van der Waals surface area contributed by atoms with Crippen LogP contribution >= 0.6 is 11.8 Å². The Morgan fingerprint density at radius 3 is 3.00 bits per heavy atom. The average Bonchev–Trinajstić information content (AvgIpc) is 2.88. The molecule has 1 aliphatic carbocycles. The Bertz CT molecular complexity index is 266. The number of nitrogens with zero attached hydrogens (tertiary/aromatic N) is 1. The highest BCUT2D eigenvalue weighted by Gasteiger charge is 2.46. The van der Waals surface area contributed by atoms with Gasteiger partial charge in [0.2, 0.25) is 0 Å². The van der Waals surface area contributed by atoms with Gasteiger partial charge in [-0.05, 0) is 25.0 Å². The van der Waals surface area contributed by atoms with E-state index in [-0.39, 0.29) is 5.54 Å². The van der Waals surface area contributed by atoms with Crippen molar-refractivity contribution in [1.29, 1.82) is 0 Å². The third-order valence-corrected chi connectivity index (χ3v) is 6.04. The lowest BCUT2D eigenvalue weighted by atomic mass is 9.85. The molecule has 98 valence electrons. The number of nitrogens with two attached hydrogens (primary N) is 1. The Balaban J connectivity index is 1.79. The molecule has 0 aromatic carbocycles. The second kappa shape index (κ2) is 5.08. The Morgan fingerprint density at radius 2 is 2.24 bits per heavy atom. The Hall–Kier alpha value is 0.230. The average molecular weight is 256 g/mol. The molecule has 2 heterocycles. The summed E-state index contributed by atoms with van der Waals surface area (Å²) in [5, 5.41) is 0. The summed E-state index contributed by atoms with van der Waals surface area (Å²) < 4.78 is 5.97. The molecule has 2 saturated heterocycles. The third-order valence-electron chi connectivity index (χ3n) is 4.80. The molecule has 3 rings (SSSR count). The van der Waals surface area contributed by atoms with Gasteiger partial charge in [0.25, 0.3) is 0 Å². The van der Waals surface area contributed by atoms with E-state index < -0.39 is 0 Å². The minimum Gasteiger partial charge on any atom is -0.375 e. The molecule has 2 N–H and O–H groups in total. The zero-order valence-corrected chi connectivity index (χ0v) is 11.4. The standard InChI is InChI=1S/C13H24N2OS/c14-9-13(5-8-17-10-13)15-6-7-16-12-4-2-1-3-11(12)15/h11-12H,1-10,14H2. The van der Waals surface area contributed by atoms with Crippen LogP contribution in [0.5, 0.6) is 0 Å². The Kier molecular flexibility index (Phi) is 3.67. The lowest BCUT2D eigenvalue weighted by Gasteiger charge is -2.51. The molecule has 3 atom stereocenters. The molecule has 4 heteroatoms. The van der Waals surface area contributed by atoms with Crippen LogP contribution in [0, 0.1) is 0 Å². The maximum atomic E-state index is 6.13. The first kappa shape index (κ1) is 12.3. The number of ether oxygens (including phenoxy) is 1. The summed E-state index contributed by atoms with van der Waals surface area (Å²) in [7, 11) is 0. The normalized spacial score (nSPS) is 43.6. The van der Waals surface area contributed by atoms with Gasteiger partial charge in [-0.1, -0.05) is 12.8 Å². The van der Waals surface area contributed by atoms with Crippen LogP contribution in [0.4, 0.5) is 0 Å². The van der Waals surface area contributed by atoms with Crippen molar-refractivity contribution in [2.75, 3.05) is 31.2 Å². The molecule has 0 amide bonds. The van der Waals surface area contributed by atoms with Crippen LogP contribution in [0.15, 0.2) is 0 Å². The van der Waals surface area contributed by atoms with E-state index in [9.17, 15) is 0 Å². The summed E-state index contributed by atoms with van der Waals surface area (Å²) in [5.74, 6) is 2.51. The van der Waals surface area contributed by atoms with E-state index in [0.29, 0.717) is 12.1 Å². The summed E-state index contributed by atoms with van der Waals surface area (Å²) in [5.41, 5.74) is 6.41. The van der Waals surface area contributed by atoms with Crippen LogP contribution in [-0.2, 0) is 4.74 Å². The smallest absolute Gasteiger partial charge is 0.0731 e. The molecule has 17 heavy (non-hydrogen) atoms. The molecule has 1 saturated carbocycles. The van der Waals surface area contributed by atoms with Crippen LogP contribution in [0.1, 0.15) is 32.1 Å². The largest absolute Gasteiger partial charge is 0.375 e. The molecule has 0 aromatic heterocycles. The van der Waals surface area contributed by atoms with Crippen LogP contribution < -0.4 is 5.73 Å². The van der Waals surface area contributed by atoms with Crippen LogP contribution in [0.3, 0.4) is 0 Å². The van der Waals surface area contributed by atoms with Gasteiger partial charge in [0, 0.05) is 30.4 Å². The van der Waals surface area contributed by atoms with E-state index in [0.717, 1.165) is 19.7 Å². The van der Waals surface area contributed by atoms with Gasteiger partial charge >= 0.3 is 0 Å². The number of rotatable bonds is 2. The van der Waals surface area contributed by atoms with Crippen LogP contribution in [-0.4, -0.2) is 53.8 Å². The van der Waals surface area contributed by atoms with E-state index in [1.807, 2.05) is 0 Å². The SMILES string of the molecule is NCC1(N2CCOC3CCCCC32)CCSC1. The van der Waals surface area contributed by atoms with Gasteiger partial charge in [0.1, 0.15) is 0 Å². The summed E-state index contributed by atoms with van der Waals surface area (Å²) in [4.78, 5) is 2.74. The summed E-state index contributed by atoms with van der Waals surface area (Å²) in [6, 6.07) is 0.653. The maximum absolute atomic E-state index is 6.13. The zero-order chi connectivity index (χ0) is 11.7. The number of hydrogen-bond acceptors (Lipinski definition) is 4. The number of fused-ring (bicyclic) bond motifs is 1. The van der Waals surface area contributed by atoms with Crippen molar-refractivity contribution in [3.8, 4) is 0 Å². The molecule has 3 aliphatic rings. The molecule has 3 fully saturated rings. The fourth-order valence-corrected chi connectivity index (χ4v) is 5.26. The van der Waals surface area contributed by atoms with E-state index in [1.54, 1.807) is 0 Å². The first-order chi connectivity index (χ1) is 8.36. The van der Waals surface area contributed by atoms with Crippen molar-refractivity contribution in [3.05, 3.63) is 0 Å². The molecule has 0 aromatic rings. The van der Waals surface area contributed by atoms with Gasteiger partial charge < -0.3 is 10.5 Å². The minimum atomic E-state index is 0.286. The van der Waals surface area contributed by atoms with Crippen molar-refractivity contribution in [1.82, 2.24) is 4.90 Å². The van der Waals surface area contributed by atoms with Crippen molar-refractivity contribution in [2.45, 2.75) is 49.8 Å². The van der Waals surface area contributed by atoms with Gasteiger partial charge in [-0.3, -0.25) is 4.90 Å². The lowest BCUT2D eigenvalue weighted by molar-refractivity contribution is -0.119. The fourth-order valence-electron chi connectivity index (χ4n) is 3.79. The lowest BCUT2D eigenvalue weighted by Crippen LogP contribution is -2.64. The van der Waals surface area contributed by atoms with Gasteiger partial charge in [0.15, 0.2) is 0 Å². The van der Waals surface area contributed by atoms with Crippen molar-refractivity contribution < 1.29 is 4.74 Å². The Morgan fingerprint density at radius 1 is 1.35 bits per heavy atom. The molecule has 3 unspecified atom stereocenters. The third kappa shape index (κ3) is 2.14. The molecular weight excluding hydrogens is 232 g/mol. The molecule has 0 bridgehead atoms. The summed E-state index contributed by atoms with van der Waals surface area (Å²) >= 11 is 2.08. The van der Waals surface area contributed by atoms with Crippen molar-refractivity contribution in [3.63, 3.8) is 0 Å². The predicted octanol–water partition coefficient (Wildman–Crippen LogP) is 1.46. The van der Waals surface area contributed by atoms with E-state index in [2.05, 4.69) is 16.7 Å². The highest BCUT2D eigenvalue weighted by molar-refractivity contribution is 7.99. The van der Waals surface area contributed by atoms with E-state index >= 15 is 0 Å². The molecule has 0 radical (unpaired) electrons. The van der Waals surface area contributed by atoms with Gasteiger partial charge in [0.05, 0.1) is 12.7 Å². The quantitative estimate of drug-likeness (QED) is 0.812. The van der Waals surface area contributed by atoms with Crippen molar-refractivity contribution in [2.24, 2.45) is 5.73 Å². The summed E-state index contributed by atoms with van der Waals surface area (Å²) in [6.45, 7) is 2.83. The molecule has 0 spiro atoms. The number of morpholine rings is 1. The van der Waals surface area contributed by atoms with Gasteiger partial charge in [-0.2, -0.15) is 11.8 Å². The molecular formula is C13H24N2OS. The second-order valence-corrected chi connectivity index (χ2v) is 6.79. The van der Waals surface area contributed by atoms with E-state index in [1.165, 1.54) is 43.6 Å². The predicted molar refractivity (Wildman–Crippen MR) is 72.4 cm³/mol. The first-order valence-corrected chi connectivity index (χ1v) is 8.17. The van der Waals surface area contributed by atoms with Crippen LogP contribution in [0.2, 0.25) is 0 Å². The van der Waals surface area contributed by atoms with Gasteiger partial charge in [-0.15, -0.1) is 0 Å². The highest BCUT2D eigenvalue weighted by Crippen LogP contribution is 2.39. The molecule has 3 nitrogen and oxygen atoms in total. The van der Waals surface area contributed by atoms with Gasteiger partial charge in [-0.25, -0.2) is 0 Å². The molecule has 2 aliphatic heterocycles. The number of hydrogen-bond donors (Lipinski definition) is 1. The summed E-state index contributed by atoms with van der Waals surface area (Å²) in [6.07, 6.45) is 7.06. The zero-order valence-electron chi connectivity index (χ0n) is 10.6. The topological polar surface area (TPSA) is 38.5 Å². The first-order valence-electron chi connectivity index (χ1n) is 7.02. The highest BCUT2D eigenvalue weighted by atomic mass is 32.2. The second-order valence-electron chi connectivity index (χ2n) is 5.69. The minimum absolute atomic E-state index is 0.286. The van der Waals surface area contributed by atoms with Crippen molar-refractivity contribution >= 4 is 11.8 Å². The maximum Gasteiger partial charge on any atom is 0.0731 e. The monoisotopic (exact) mass is 256 g/mol.